The number of nitrogens with zero attached hydrogens (tertiary/aromatic N) is 5. The number of amides is 1. The van der Waals surface area contributed by atoms with Gasteiger partial charge < -0.3 is 4.90 Å². The minimum absolute atomic E-state index is 0.0798. The molecule has 22 heavy (non-hydrogen) atoms. The Bertz CT molecular complexity index is 652. The van der Waals surface area contributed by atoms with Gasteiger partial charge in [-0.1, -0.05) is 0 Å². The number of rotatable bonds is 4. The first-order valence-electron chi connectivity index (χ1n) is 7.69. The van der Waals surface area contributed by atoms with Gasteiger partial charge >= 0.3 is 0 Å². The first-order chi connectivity index (χ1) is 10.6. The van der Waals surface area contributed by atoms with Crippen LogP contribution in [0.2, 0.25) is 0 Å². The van der Waals surface area contributed by atoms with E-state index in [-0.39, 0.29) is 11.9 Å². The molecule has 3 rings (SSSR count). The van der Waals surface area contributed by atoms with Gasteiger partial charge in [0.1, 0.15) is 0 Å². The number of aromatic nitrogens is 4. The smallest absolute Gasteiger partial charge is 0.223 e. The highest BCUT2D eigenvalue weighted by molar-refractivity contribution is 5.77. The number of hydrogen-bond donors (Lipinski definition) is 0. The molecule has 1 aliphatic heterocycles. The molecule has 1 saturated heterocycles. The van der Waals surface area contributed by atoms with E-state index in [0.29, 0.717) is 6.42 Å². The lowest BCUT2D eigenvalue weighted by atomic mass is 10.1. The molecule has 0 radical (unpaired) electrons. The van der Waals surface area contributed by atoms with Crippen molar-refractivity contribution in [2.45, 2.75) is 38.6 Å². The lowest BCUT2D eigenvalue weighted by Crippen LogP contribution is -2.31. The average Bonchev–Trinajstić information content (AvgIpc) is 3.12. The predicted molar refractivity (Wildman–Crippen MR) is 82.0 cm³/mol. The van der Waals surface area contributed by atoms with Crippen LogP contribution in [0.15, 0.2) is 24.8 Å². The van der Waals surface area contributed by atoms with Crippen LogP contribution in [-0.4, -0.2) is 37.1 Å². The predicted octanol–water partition coefficient (Wildman–Crippen LogP) is 1.81. The molecule has 1 atom stereocenters. The van der Waals surface area contributed by atoms with Crippen molar-refractivity contribution < 1.29 is 4.79 Å². The van der Waals surface area contributed by atoms with E-state index in [0.717, 1.165) is 42.8 Å². The van der Waals surface area contributed by atoms with Crippen molar-refractivity contribution in [2.75, 3.05) is 6.54 Å². The molecule has 0 aliphatic carbocycles. The van der Waals surface area contributed by atoms with E-state index in [1.54, 1.807) is 23.3 Å². The number of carbonyl (C=O) groups excluding carboxylic acids is 1. The number of likely N-dealkylation sites (tertiary alicyclic amines) is 1. The first kappa shape index (κ1) is 14.7. The zero-order valence-electron chi connectivity index (χ0n) is 13.1. The van der Waals surface area contributed by atoms with Crippen LogP contribution >= 0.6 is 0 Å². The molecule has 0 bridgehead atoms. The highest BCUT2D eigenvalue weighted by Gasteiger charge is 2.30. The van der Waals surface area contributed by atoms with Gasteiger partial charge in [0.25, 0.3) is 0 Å². The zero-order chi connectivity index (χ0) is 15.5. The van der Waals surface area contributed by atoms with Gasteiger partial charge in [-0.3, -0.25) is 19.4 Å². The van der Waals surface area contributed by atoms with Gasteiger partial charge in [-0.25, -0.2) is 0 Å². The first-order valence-corrected chi connectivity index (χ1v) is 7.69. The molecule has 0 aromatic carbocycles. The molecular weight excluding hydrogens is 278 g/mol. The van der Waals surface area contributed by atoms with E-state index in [4.69, 9.17) is 0 Å². The fraction of sp³-hybridized carbons (Fsp3) is 0.500. The van der Waals surface area contributed by atoms with Gasteiger partial charge in [0, 0.05) is 38.6 Å². The minimum atomic E-state index is 0.0798. The van der Waals surface area contributed by atoms with Crippen molar-refractivity contribution in [2.24, 2.45) is 7.05 Å². The number of carbonyl (C=O) groups is 1. The van der Waals surface area contributed by atoms with Crippen LogP contribution in [0.4, 0.5) is 0 Å². The van der Waals surface area contributed by atoms with Crippen LogP contribution in [-0.2, 0) is 18.3 Å². The highest BCUT2D eigenvalue weighted by atomic mass is 16.2. The summed E-state index contributed by atoms with van der Waals surface area (Å²) in [6.45, 7) is 2.80. The topological polar surface area (TPSA) is 63.9 Å². The summed E-state index contributed by atoms with van der Waals surface area (Å²) in [5.74, 6) is 0.191. The summed E-state index contributed by atoms with van der Waals surface area (Å²) >= 11 is 0. The van der Waals surface area contributed by atoms with Crippen LogP contribution in [0.1, 0.15) is 42.3 Å². The summed E-state index contributed by atoms with van der Waals surface area (Å²) in [6.07, 6.45) is 10.4. The van der Waals surface area contributed by atoms with E-state index in [9.17, 15) is 4.79 Å². The summed E-state index contributed by atoms with van der Waals surface area (Å²) in [6, 6.07) is 0.0798. The largest absolute Gasteiger partial charge is 0.334 e. The van der Waals surface area contributed by atoms with Gasteiger partial charge in [-0.05, 0) is 31.7 Å². The molecule has 116 valence electrons. The summed E-state index contributed by atoms with van der Waals surface area (Å²) < 4.78 is 1.80. The molecule has 0 unspecified atom stereocenters. The van der Waals surface area contributed by atoms with E-state index < -0.39 is 0 Å². The Morgan fingerprint density at radius 3 is 2.95 bits per heavy atom. The molecule has 1 fully saturated rings. The lowest BCUT2D eigenvalue weighted by molar-refractivity contribution is -0.132. The van der Waals surface area contributed by atoms with Crippen LogP contribution in [0.3, 0.4) is 0 Å². The average molecular weight is 299 g/mol. The summed E-state index contributed by atoms with van der Waals surface area (Å²) in [5, 5.41) is 4.32. The Balaban J connectivity index is 1.65. The monoisotopic (exact) mass is 299 g/mol. The van der Waals surface area contributed by atoms with Crippen molar-refractivity contribution >= 4 is 5.91 Å². The number of hydrogen-bond acceptors (Lipinski definition) is 4. The maximum absolute atomic E-state index is 12.6. The van der Waals surface area contributed by atoms with Gasteiger partial charge in [-0.15, -0.1) is 0 Å². The van der Waals surface area contributed by atoms with Crippen molar-refractivity contribution in [1.29, 1.82) is 0 Å². The summed E-state index contributed by atoms with van der Waals surface area (Å²) in [4.78, 5) is 23.0. The Kier molecular flexibility index (Phi) is 4.18. The van der Waals surface area contributed by atoms with Crippen molar-refractivity contribution in [1.82, 2.24) is 24.6 Å². The van der Waals surface area contributed by atoms with Gasteiger partial charge in [0.05, 0.1) is 23.6 Å². The molecule has 6 nitrogen and oxygen atoms in total. The molecule has 3 heterocycles. The Morgan fingerprint density at radius 1 is 1.41 bits per heavy atom. The maximum Gasteiger partial charge on any atom is 0.223 e. The van der Waals surface area contributed by atoms with E-state index in [1.807, 2.05) is 25.1 Å². The Morgan fingerprint density at radius 2 is 2.27 bits per heavy atom. The zero-order valence-corrected chi connectivity index (χ0v) is 13.1. The van der Waals surface area contributed by atoms with Gasteiger partial charge in [-0.2, -0.15) is 5.10 Å². The maximum atomic E-state index is 12.6. The minimum Gasteiger partial charge on any atom is -0.334 e. The summed E-state index contributed by atoms with van der Waals surface area (Å²) in [7, 11) is 1.91. The van der Waals surface area contributed by atoms with Gasteiger partial charge in [0.2, 0.25) is 5.91 Å². The molecule has 1 aliphatic rings. The molecule has 1 amide bonds. The second-order valence-electron chi connectivity index (χ2n) is 5.79. The normalized spacial score (nSPS) is 17.9. The van der Waals surface area contributed by atoms with E-state index in [2.05, 4.69) is 15.1 Å². The molecule has 2 aromatic rings. The summed E-state index contributed by atoms with van der Waals surface area (Å²) in [5.41, 5.74) is 3.04. The quantitative estimate of drug-likeness (QED) is 0.864. The molecule has 0 saturated carbocycles. The third-order valence-corrected chi connectivity index (χ3v) is 4.22. The van der Waals surface area contributed by atoms with Crippen LogP contribution in [0, 0.1) is 6.92 Å². The van der Waals surface area contributed by atoms with Crippen LogP contribution in [0.25, 0.3) is 0 Å². The van der Waals surface area contributed by atoms with Crippen molar-refractivity contribution in [3.05, 3.63) is 41.7 Å². The molecule has 0 spiro atoms. The molecule has 6 heteroatoms. The standard InChI is InChI=1S/C16H21N5O/c1-12-13(11-20(2)19-12)5-6-16(22)21-9-3-4-15(21)14-10-17-7-8-18-14/h7-8,10-11,15H,3-6,9H2,1-2H3/t15-/m1/s1. The second-order valence-corrected chi connectivity index (χ2v) is 5.79. The van der Waals surface area contributed by atoms with Crippen LogP contribution in [0.5, 0.6) is 0 Å². The highest BCUT2D eigenvalue weighted by Crippen LogP contribution is 2.30. The number of aryl methyl sites for hydroxylation is 3. The van der Waals surface area contributed by atoms with Crippen LogP contribution < -0.4 is 0 Å². The Labute approximate surface area is 130 Å². The SMILES string of the molecule is Cc1nn(C)cc1CCC(=O)N1CCC[C@@H]1c1cnccn1. The van der Waals surface area contributed by atoms with E-state index in [1.165, 1.54) is 0 Å². The third-order valence-electron chi connectivity index (χ3n) is 4.22. The van der Waals surface area contributed by atoms with Crippen molar-refractivity contribution in [3.8, 4) is 0 Å². The molecule has 2 aromatic heterocycles. The van der Waals surface area contributed by atoms with Gasteiger partial charge in [0.15, 0.2) is 0 Å². The molecular formula is C16H21N5O. The van der Waals surface area contributed by atoms with E-state index >= 15 is 0 Å². The van der Waals surface area contributed by atoms with Crippen molar-refractivity contribution in [3.63, 3.8) is 0 Å². The Hall–Kier alpha value is -2.24. The fourth-order valence-electron chi connectivity index (χ4n) is 3.13. The second kappa shape index (κ2) is 6.25. The lowest BCUT2D eigenvalue weighted by Gasteiger charge is -2.24. The molecule has 0 N–H and O–H groups in total. The fourth-order valence-corrected chi connectivity index (χ4v) is 3.13. The third kappa shape index (κ3) is 3.00.